The van der Waals surface area contributed by atoms with Crippen LogP contribution in [0, 0.1) is 0 Å². The Balaban J connectivity index is 1.09. The Kier molecular flexibility index (Phi) is 9.43. The maximum Gasteiger partial charge on any atom is 0.472 e. The third-order valence-corrected chi connectivity index (χ3v) is 10.6. The van der Waals surface area contributed by atoms with E-state index in [9.17, 15) is 29.1 Å². The van der Waals surface area contributed by atoms with E-state index in [1.165, 1.54) is 47.6 Å². The fraction of sp³-hybridized carbons (Fsp3) is 0.500. The predicted molar refractivity (Wildman–Crippen MR) is 169 cm³/mol. The molecule has 3 unspecified atom stereocenters. The molecule has 4 aromatic rings. The van der Waals surface area contributed by atoms with Crippen molar-refractivity contribution in [2.24, 2.45) is 16.5 Å². The molecule has 0 saturated carbocycles. The second kappa shape index (κ2) is 13.6. The standard InChI is InChI=1S/C24H33N13O12P2/c1-44-17-16(11(5-45-50(40,41)35-3-2-28-7-35)48-23(17)36-8-31-12-18(25)29-6-30-20(12)36)49-51(42,43)46-4-10-14(38)15(39)22(47-10)37-9-32-13-19(26)33-24(27)34-21(13)37/h2-3,6-11,14-17,19,22-23,38-39H,4-5,26H2,1H3,(H,40,41)(H,42,43)(H2,25,29,30)(H3,27,33,34)/t10-,11-,14-,15-,16-,17-,19?,22-,23-/m1/s1. The fourth-order valence-corrected chi connectivity index (χ4v) is 7.72. The summed E-state index contributed by atoms with van der Waals surface area (Å²) in [5.74, 6) is 0.322. The molecule has 11 atom stereocenters. The fourth-order valence-electron chi connectivity index (χ4n) is 5.87. The van der Waals surface area contributed by atoms with Crippen LogP contribution in [0.15, 0.2) is 42.7 Å². The zero-order valence-corrected chi connectivity index (χ0v) is 28.1. The molecule has 0 bridgehead atoms. The van der Waals surface area contributed by atoms with Crippen molar-refractivity contribution in [1.82, 2.24) is 38.4 Å². The lowest BCUT2D eigenvalue weighted by molar-refractivity contribution is -0.0585. The zero-order valence-electron chi connectivity index (χ0n) is 26.3. The Hall–Kier alpha value is -3.94. The summed E-state index contributed by atoms with van der Waals surface area (Å²) in [7, 11) is -8.33. The van der Waals surface area contributed by atoms with Crippen molar-refractivity contribution in [1.29, 1.82) is 0 Å². The maximum absolute atomic E-state index is 13.5. The number of phosphoric acid groups is 1. The molecule has 51 heavy (non-hydrogen) atoms. The Labute approximate surface area is 286 Å². The first-order valence-electron chi connectivity index (χ1n) is 15.0. The minimum atomic E-state index is -5.10. The van der Waals surface area contributed by atoms with Crippen LogP contribution in [-0.2, 0) is 36.9 Å². The topological polar surface area (TPSA) is 352 Å². The second-order valence-corrected chi connectivity index (χ2v) is 14.5. The lowest BCUT2D eigenvalue weighted by Crippen LogP contribution is -2.38. The highest BCUT2D eigenvalue weighted by molar-refractivity contribution is 7.51. The van der Waals surface area contributed by atoms with Gasteiger partial charge in [-0.05, 0) is 0 Å². The number of aliphatic hydroxyl groups excluding tert-OH is 2. The van der Waals surface area contributed by atoms with E-state index < -0.39 is 84.0 Å². The number of rotatable bonds is 12. The monoisotopic (exact) mass is 757 g/mol. The van der Waals surface area contributed by atoms with Gasteiger partial charge in [-0.15, -0.1) is 0 Å². The molecule has 0 radical (unpaired) electrons. The number of hydrogen-bond donors (Lipinski definition) is 8. The second-order valence-electron chi connectivity index (χ2n) is 11.4. The Bertz CT molecular complexity index is 2010. The summed E-state index contributed by atoms with van der Waals surface area (Å²) in [6.45, 7) is -1.40. The summed E-state index contributed by atoms with van der Waals surface area (Å²) in [6, 6.07) is 0. The van der Waals surface area contributed by atoms with Gasteiger partial charge < -0.3 is 56.7 Å². The number of phosphoric ester groups is 1. The Morgan fingerprint density at radius 1 is 0.941 bits per heavy atom. The third-order valence-electron chi connectivity index (χ3n) is 8.30. The number of methoxy groups -OCH3 is 1. The van der Waals surface area contributed by atoms with Crippen LogP contribution < -0.4 is 22.5 Å². The molecule has 25 nitrogen and oxygen atoms in total. The average molecular weight is 758 g/mol. The summed E-state index contributed by atoms with van der Waals surface area (Å²) < 4.78 is 63.6. The molecule has 7 rings (SSSR count). The third kappa shape index (κ3) is 6.64. The van der Waals surface area contributed by atoms with Gasteiger partial charge in [0.15, 0.2) is 29.9 Å². The summed E-state index contributed by atoms with van der Waals surface area (Å²) in [4.78, 5) is 45.6. The van der Waals surface area contributed by atoms with Gasteiger partial charge in [0.05, 0.1) is 25.9 Å². The van der Waals surface area contributed by atoms with Crippen LogP contribution >= 0.6 is 15.6 Å². The van der Waals surface area contributed by atoms with Crippen molar-refractivity contribution >= 4 is 44.3 Å². The lowest BCUT2D eigenvalue weighted by Gasteiger charge is -2.26. The van der Waals surface area contributed by atoms with Crippen LogP contribution in [0.5, 0.6) is 0 Å². The molecule has 11 N–H and O–H groups in total. The molecule has 276 valence electrons. The van der Waals surface area contributed by atoms with Gasteiger partial charge in [-0.1, -0.05) is 0 Å². The summed E-state index contributed by atoms with van der Waals surface area (Å²) in [6.07, 6.45) is -4.47. The molecule has 7 heterocycles. The number of ether oxygens (including phenoxy) is 3. The van der Waals surface area contributed by atoms with E-state index in [1.54, 1.807) is 0 Å². The number of nitrogens with two attached hydrogens (primary N) is 3. The van der Waals surface area contributed by atoms with E-state index in [1.807, 2.05) is 0 Å². The van der Waals surface area contributed by atoms with Gasteiger partial charge in [-0.3, -0.25) is 22.7 Å². The highest BCUT2D eigenvalue weighted by Crippen LogP contribution is 2.51. The molecule has 3 aliphatic rings. The average Bonchev–Trinajstić information content (AvgIpc) is 3.92. The Morgan fingerprint density at radius 3 is 2.43 bits per heavy atom. The molecule has 0 aliphatic carbocycles. The van der Waals surface area contributed by atoms with Crippen LogP contribution in [0.3, 0.4) is 0 Å². The van der Waals surface area contributed by atoms with Gasteiger partial charge in [0.1, 0.15) is 72.5 Å². The highest BCUT2D eigenvalue weighted by atomic mass is 31.2. The molecule has 0 spiro atoms. The molecule has 2 fully saturated rings. The number of imidazole rings is 3. The SMILES string of the molecule is CO[C@@H]1[C@H](OP(=O)(O)OC[C@H]2O[C@@H](n3cnc4c3NC(N)=NC4N)[C@H](O)[C@@H]2O)[C@@H](COP(=O)(O)n2ccnc2)O[C@H]1n1cnc2c(N)ncnc21. The van der Waals surface area contributed by atoms with Crippen LogP contribution in [0.2, 0.25) is 0 Å². The van der Waals surface area contributed by atoms with Gasteiger partial charge >= 0.3 is 15.6 Å². The highest BCUT2D eigenvalue weighted by Gasteiger charge is 2.52. The summed E-state index contributed by atoms with van der Waals surface area (Å²) in [5.41, 5.74) is 18.4. The van der Waals surface area contributed by atoms with E-state index in [-0.39, 0.29) is 28.8 Å². The molecular weight excluding hydrogens is 724 g/mol. The number of nitrogens with zero attached hydrogens (tertiary/aromatic N) is 9. The van der Waals surface area contributed by atoms with E-state index in [4.69, 9.17) is 45.0 Å². The van der Waals surface area contributed by atoms with E-state index in [0.29, 0.717) is 5.69 Å². The van der Waals surface area contributed by atoms with E-state index in [0.717, 1.165) is 10.7 Å². The smallest absolute Gasteiger partial charge is 0.387 e. The van der Waals surface area contributed by atoms with Crippen molar-refractivity contribution < 1.29 is 56.9 Å². The van der Waals surface area contributed by atoms with Crippen LogP contribution in [-0.4, -0.2) is 121 Å². The van der Waals surface area contributed by atoms with Crippen molar-refractivity contribution in [2.45, 2.75) is 55.2 Å². The van der Waals surface area contributed by atoms with Gasteiger partial charge in [-0.25, -0.2) is 43.4 Å². The number of guanidine groups is 1. The Morgan fingerprint density at radius 2 is 1.69 bits per heavy atom. The normalized spacial score (nSPS) is 31.6. The van der Waals surface area contributed by atoms with Crippen molar-refractivity contribution in [2.75, 3.05) is 31.4 Å². The number of aliphatic imine (C=N–C) groups is 1. The molecule has 0 amide bonds. The summed E-state index contributed by atoms with van der Waals surface area (Å²) in [5, 5.41) is 24.4. The molecule has 3 aliphatic heterocycles. The van der Waals surface area contributed by atoms with Crippen molar-refractivity contribution in [3.05, 3.63) is 43.4 Å². The van der Waals surface area contributed by atoms with Crippen LogP contribution in [0.25, 0.3) is 11.2 Å². The number of anilines is 2. The van der Waals surface area contributed by atoms with Gasteiger partial charge in [0.25, 0.3) is 0 Å². The summed E-state index contributed by atoms with van der Waals surface area (Å²) >= 11 is 0. The number of hydrogen-bond acceptors (Lipinski definition) is 20. The molecule has 2 saturated heterocycles. The number of aromatic nitrogens is 8. The maximum atomic E-state index is 13.5. The first-order chi connectivity index (χ1) is 24.3. The first-order valence-corrected chi connectivity index (χ1v) is 18.0. The minimum absolute atomic E-state index is 0.0126. The quantitative estimate of drug-likeness (QED) is 0.0717. The van der Waals surface area contributed by atoms with Crippen LogP contribution in [0.4, 0.5) is 11.6 Å². The molecule has 27 heteroatoms. The predicted octanol–water partition coefficient (Wildman–Crippen LogP) is -2.10. The minimum Gasteiger partial charge on any atom is -0.387 e. The molecule has 4 aromatic heterocycles. The molecular formula is C24H33N13O12P2. The van der Waals surface area contributed by atoms with Crippen LogP contribution in [0.1, 0.15) is 24.3 Å². The van der Waals surface area contributed by atoms with Crippen molar-refractivity contribution in [3.8, 4) is 0 Å². The number of nitrogens with one attached hydrogen (secondary N) is 1. The zero-order chi connectivity index (χ0) is 36.2. The number of fused-ring (bicyclic) bond motifs is 2. The number of nitrogen functional groups attached to an aromatic ring is 1. The van der Waals surface area contributed by atoms with Gasteiger partial charge in [-0.2, -0.15) is 0 Å². The van der Waals surface area contributed by atoms with Crippen molar-refractivity contribution in [3.63, 3.8) is 0 Å². The van der Waals surface area contributed by atoms with Gasteiger partial charge in [0, 0.05) is 19.5 Å². The van der Waals surface area contributed by atoms with E-state index >= 15 is 0 Å². The van der Waals surface area contributed by atoms with Gasteiger partial charge in [0.2, 0.25) is 0 Å². The number of aliphatic hydroxyl groups is 2. The van der Waals surface area contributed by atoms with E-state index in [2.05, 4.69) is 35.2 Å². The molecule has 0 aromatic carbocycles. The first kappa shape index (κ1) is 35.5. The lowest BCUT2D eigenvalue weighted by atomic mass is 10.1. The largest absolute Gasteiger partial charge is 0.472 e.